The van der Waals surface area contributed by atoms with Crippen molar-refractivity contribution in [1.29, 1.82) is 0 Å². The van der Waals surface area contributed by atoms with Gasteiger partial charge in [-0.15, -0.1) is 0 Å². The van der Waals surface area contributed by atoms with Gasteiger partial charge in [-0.05, 0) is 51.4 Å². The van der Waals surface area contributed by atoms with Gasteiger partial charge in [-0.2, -0.15) is 0 Å². The predicted octanol–water partition coefficient (Wildman–Crippen LogP) is 10.3. The van der Waals surface area contributed by atoms with Gasteiger partial charge in [-0.25, -0.2) is 0 Å². The number of carbonyl (C=O) groups is 2. The van der Waals surface area contributed by atoms with Crippen LogP contribution in [0.4, 0.5) is 0 Å². The molecule has 0 saturated carbocycles. The van der Waals surface area contributed by atoms with E-state index < -0.39 is 6.10 Å². The van der Waals surface area contributed by atoms with Crippen molar-refractivity contribution in [1.82, 2.24) is 0 Å². The Morgan fingerprint density at radius 3 is 1.50 bits per heavy atom. The summed E-state index contributed by atoms with van der Waals surface area (Å²) in [7, 11) is 0. The lowest BCUT2D eigenvalue weighted by atomic mass is 10.1. The second kappa shape index (κ2) is 33.4. The van der Waals surface area contributed by atoms with Crippen LogP contribution in [0.3, 0.4) is 0 Å². The molecule has 0 spiro atoms. The van der Waals surface area contributed by atoms with E-state index in [0.29, 0.717) is 19.3 Å². The lowest BCUT2D eigenvalue weighted by molar-refractivity contribution is -0.161. The maximum atomic E-state index is 12.1. The Labute approximate surface area is 258 Å². The van der Waals surface area contributed by atoms with E-state index in [1.807, 2.05) is 0 Å². The standard InChI is InChI=1S/C37H64O5/c1-3-5-7-9-11-13-15-16-17-18-19-20-22-23-25-27-29-31-36(39)41-34-35(33-38)42-37(40)32-30-28-26-24-21-14-12-10-8-6-4-2/h11,13,16-17,19-20,23,25,35,38H,3-10,12,14-15,18,21-22,24,26-34H2,1-2H3/t35-/m0/s1. The Morgan fingerprint density at radius 2 is 0.976 bits per heavy atom. The molecule has 0 aromatic carbocycles. The van der Waals surface area contributed by atoms with Crippen LogP contribution in [-0.4, -0.2) is 36.4 Å². The van der Waals surface area contributed by atoms with Crippen LogP contribution in [0.25, 0.3) is 0 Å². The molecule has 0 aliphatic heterocycles. The van der Waals surface area contributed by atoms with Crippen molar-refractivity contribution >= 4 is 11.9 Å². The van der Waals surface area contributed by atoms with Crippen LogP contribution in [0.5, 0.6) is 0 Å². The highest BCUT2D eigenvalue weighted by Crippen LogP contribution is 2.12. The molecule has 242 valence electrons. The van der Waals surface area contributed by atoms with Crippen LogP contribution in [0.1, 0.15) is 155 Å². The first-order chi connectivity index (χ1) is 20.6. The number of aliphatic hydroxyl groups excluding tert-OH is 1. The van der Waals surface area contributed by atoms with Crippen LogP contribution >= 0.6 is 0 Å². The van der Waals surface area contributed by atoms with E-state index in [9.17, 15) is 14.7 Å². The van der Waals surface area contributed by atoms with Crippen LogP contribution < -0.4 is 0 Å². The lowest BCUT2D eigenvalue weighted by Crippen LogP contribution is -2.28. The second-order valence-corrected chi connectivity index (χ2v) is 11.2. The van der Waals surface area contributed by atoms with E-state index in [4.69, 9.17) is 9.47 Å². The molecule has 1 atom stereocenters. The SMILES string of the molecule is CCCCCC=CCC=CCC=CCC=CCCCC(=O)OC[C@H](CO)OC(=O)CCCCCCCCCCCCC. The fourth-order valence-electron chi connectivity index (χ4n) is 4.49. The van der Waals surface area contributed by atoms with Gasteiger partial charge in [0.2, 0.25) is 0 Å². The van der Waals surface area contributed by atoms with Gasteiger partial charge in [0.25, 0.3) is 0 Å². The third-order valence-electron chi connectivity index (χ3n) is 7.13. The first-order valence-electron chi connectivity index (χ1n) is 17.2. The zero-order valence-electron chi connectivity index (χ0n) is 27.2. The molecular formula is C37H64O5. The van der Waals surface area contributed by atoms with E-state index in [1.54, 1.807) is 0 Å². The smallest absolute Gasteiger partial charge is 0.306 e. The van der Waals surface area contributed by atoms with E-state index in [-0.39, 0.29) is 25.2 Å². The zero-order valence-corrected chi connectivity index (χ0v) is 27.2. The number of rotatable bonds is 30. The number of aliphatic hydroxyl groups is 1. The summed E-state index contributed by atoms with van der Waals surface area (Å²) >= 11 is 0. The predicted molar refractivity (Wildman–Crippen MR) is 177 cm³/mol. The fraction of sp³-hybridized carbons (Fsp3) is 0.730. The lowest BCUT2D eigenvalue weighted by Gasteiger charge is -2.15. The van der Waals surface area contributed by atoms with Gasteiger partial charge in [0.05, 0.1) is 6.61 Å². The summed E-state index contributed by atoms with van der Waals surface area (Å²) in [5, 5.41) is 9.49. The van der Waals surface area contributed by atoms with Crippen molar-refractivity contribution in [2.75, 3.05) is 13.2 Å². The molecule has 0 aromatic rings. The van der Waals surface area contributed by atoms with Crippen molar-refractivity contribution in [3.05, 3.63) is 48.6 Å². The Bertz CT molecular complexity index is 722. The Morgan fingerprint density at radius 1 is 0.548 bits per heavy atom. The summed E-state index contributed by atoms with van der Waals surface area (Å²) in [6.45, 7) is 4.03. The van der Waals surface area contributed by atoms with Crippen LogP contribution in [0.15, 0.2) is 48.6 Å². The molecule has 0 unspecified atom stereocenters. The molecule has 0 bridgehead atoms. The monoisotopic (exact) mass is 588 g/mol. The van der Waals surface area contributed by atoms with Crippen molar-refractivity contribution in [3.63, 3.8) is 0 Å². The van der Waals surface area contributed by atoms with E-state index in [0.717, 1.165) is 44.9 Å². The molecule has 0 aliphatic carbocycles. The van der Waals surface area contributed by atoms with Gasteiger partial charge in [-0.1, -0.05) is 140 Å². The summed E-state index contributed by atoms with van der Waals surface area (Å²) in [5.41, 5.74) is 0. The Balaban J connectivity index is 3.70. The number of esters is 2. The fourth-order valence-corrected chi connectivity index (χ4v) is 4.49. The summed E-state index contributed by atoms with van der Waals surface area (Å²) in [6, 6.07) is 0. The number of allylic oxidation sites excluding steroid dienone is 8. The topological polar surface area (TPSA) is 72.8 Å². The van der Waals surface area contributed by atoms with E-state index in [2.05, 4.69) is 62.5 Å². The van der Waals surface area contributed by atoms with Gasteiger partial charge >= 0.3 is 11.9 Å². The number of carbonyl (C=O) groups excluding carboxylic acids is 2. The summed E-state index contributed by atoms with van der Waals surface area (Å²) < 4.78 is 10.5. The minimum absolute atomic E-state index is 0.0936. The molecule has 0 aromatic heterocycles. The number of hydrogen-bond donors (Lipinski definition) is 1. The molecule has 0 saturated heterocycles. The maximum Gasteiger partial charge on any atom is 0.306 e. The maximum absolute atomic E-state index is 12.1. The largest absolute Gasteiger partial charge is 0.462 e. The Hall–Kier alpha value is -2.14. The summed E-state index contributed by atoms with van der Waals surface area (Å²) in [5.74, 6) is -0.660. The van der Waals surface area contributed by atoms with Crippen molar-refractivity contribution in [3.8, 4) is 0 Å². The van der Waals surface area contributed by atoms with Crippen LogP contribution in [0, 0.1) is 0 Å². The molecule has 1 N–H and O–H groups in total. The van der Waals surface area contributed by atoms with Crippen LogP contribution in [-0.2, 0) is 19.1 Å². The molecule has 0 fully saturated rings. The zero-order chi connectivity index (χ0) is 30.8. The summed E-state index contributed by atoms with van der Waals surface area (Å²) in [6.07, 6.45) is 40.2. The Kier molecular flexibility index (Phi) is 31.7. The summed E-state index contributed by atoms with van der Waals surface area (Å²) in [4.78, 5) is 24.1. The van der Waals surface area contributed by atoms with Gasteiger partial charge in [-0.3, -0.25) is 9.59 Å². The first kappa shape index (κ1) is 39.9. The first-order valence-corrected chi connectivity index (χ1v) is 17.2. The van der Waals surface area contributed by atoms with Crippen molar-refractivity contribution in [2.24, 2.45) is 0 Å². The quantitative estimate of drug-likeness (QED) is 0.0513. The van der Waals surface area contributed by atoms with Crippen molar-refractivity contribution in [2.45, 2.75) is 161 Å². The van der Waals surface area contributed by atoms with Gasteiger partial charge in [0, 0.05) is 12.8 Å². The highest BCUT2D eigenvalue weighted by Gasteiger charge is 2.15. The molecule has 0 aliphatic rings. The second-order valence-electron chi connectivity index (χ2n) is 11.2. The van der Waals surface area contributed by atoms with Crippen LogP contribution in [0.2, 0.25) is 0 Å². The van der Waals surface area contributed by atoms with Gasteiger partial charge < -0.3 is 14.6 Å². The molecule has 0 amide bonds. The minimum atomic E-state index is -0.789. The third kappa shape index (κ3) is 30.8. The number of ether oxygens (including phenoxy) is 2. The van der Waals surface area contributed by atoms with E-state index in [1.165, 1.54) is 77.0 Å². The number of hydrogen-bond acceptors (Lipinski definition) is 5. The average molecular weight is 589 g/mol. The van der Waals surface area contributed by atoms with Gasteiger partial charge in [0.1, 0.15) is 6.61 Å². The van der Waals surface area contributed by atoms with E-state index >= 15 is 0 Å². The third-order valence-corrected chi connectivity index (χ3v) is 7.13. The average Bonchev–Trinajstić information content (AvgIpc) is 2.99. The molecule has 42 heavy (non-hydrogen) atoms. The highest BCUT2D eigenvalue weighted by atomic mass is 16.6. The molecule has 0 radical (unpaired) electrons. The molecule has 0 heterocycles. The molecule has 0 rings (SSSR count). The van der Waals surface area contributed by atoms with Gasteiger partial charge in [0.15, 0.2) is 6.10 Å². The molecular weight excluding hydrogens is 524 g/mol. The minimum Gasteiger partial charge on any atom is -0.462 e. The van der Waals surface area contributed by atoms with Crippen molar-refractivity contribution < 1.29 is 24.2 Å². The normalized spacial score (nSPS) is 12.7. The molecule has 5 heteroatoms. The number of unbranched alkanes of at least 4 members (excludes halogenated alkanes) is 14. The molecule has 5 nitrogen and oxygen atoms in total. The highest BCUT2D eigenvalue weighted by molar-refractivity contribution is 5.70.